The first-order valence-corrected chi connectivity index (χ1v) is 4.32. The third-order valence-electron chi connectivity index (χ3n) is 2.12. The van der Waals surface area contributed by atoms with Gasteiger partial charge in [0, 0.05) is 13.1 Å². The number of carbonyl (C=O) groups is 1. The van der Waals surface area contributed by atoms with Crippen LogP contribution in [0.4, 0.5) is 4.79 Å². The Hall–Kier alpha value is -0.770. The van der Waals surface area contributed by atoms with Crippen LogP contribution in [0.3, 0.4) is 0 Å². The smallest absolute Gasteiger partial charge is 0.419 e. The van der Waals surface area contributed by atoms with Crippen LogP contribution in [-0.2, 0) is 0 Å². The molecule has 0 radical (unpaired) electrons. The third-order valence-corrected chi connectivity index (χ3v) is 2.12. The first-order chi connectivity index (χ1) is 5.58. The molecule has 1 saturated heterocycles. The molecule has 0 aromatic heterocycles. The van der Waals surface area contributed by atoms with E-state index in [1.807, 2.05) is 0 Å². The lowest BCUT2D eigenvalue weighted by Gasteiger charge is -2.33. The summed E-state index contributed by atoms with van der Waals surface area (Å²) in [7, 11) is 0. The Kier molecular flexibility index (Phi) is 2.92. The fourth-order valence-corrected chi connectivity index (χ4v) is 1.89. The predicted octanol–water partition coefficient (Wildman–Crippen LogP) is 1.15. The van der Waals surface area contributed by atoms with Crippen LogP contribution in [0, 0.1) is 11.8 Å². The van der Waals surface area contributed by atoms with Gasteiger partial charge in [-0.05, 0) is 18.3 Å². The van der Waals surface area contributed by atoms with Crippen molar-refractivity contribution in [3.63, 3.8) is 0 Å². The number of hydrogen-bond acceptors (Lipinski definition) is 2. The molecule has 2 N–H and O–H groups in total. The Labute approximate surface area is 72.5 Å². The van der Waals surface area contributed by atoms with E-state index >= 15 is 0 Å². The first-order valence-electron chi connectivity index (χ1n) is 4.32. The van der Waals surface area contributed by atoms with Crippen LogP contribution in [0.5, 0.6) is 0 Å². The lowest BCUT2D eigenvalue weighted by molar-refractivity contribution is 0.0819. The molecule has 1 aliphatic rings. The molecule has 0 aromatic rings. The Morgan fingerprint density at radius 2 is 1.92 bits per heavy atom. The summed E-state index contributed by atoms with van der Waals surface area (Å²) in [6.45, 7) is 5.95. The van der Waals surface area contributed by atoms with E-state index in [1.54, 1.807) is 5.01 Å². The van der Waals surface area contributed by atoms with E-state index in [0.29, 0.717) is 11.8 Å². The maximum absolute atomic E-state index is 10.3. The van der Waals surface area contributed by atoms with E-state index in [4.69, 9.17) is 5.11 Å². The normalized spacial score (nSPS) is 31.5. The molecule has 1 aliphatic heterocycles. The van der Waals surface area contributed by atoms with Gasteiger partial charge >= 0.3 is 6.09 Å². The maximum Gasteiger partial charge on any atom is 0.419 e. The minimum Gasteiger partial charge on any atom is -0.464 e. The molecular formula is C8H16N2O2. The Morgan fingerprint density at radius 3 is 2.33 bits per heavy atom. The Bertz CT molecular complexity index is 162. The average Bonchev–Trinajstić information content (AvgIpc) is 1.81. The van der Waals surface area contributed by atoms with Gasteiger partial charge in [0.05, 0.1) is 0 Å². The van der Waals surface area contributed by atoms with Crippen molar-refractivity contribution in [2.75, 3.05) is 13.1 Å². The highest BCUT2D eigenvalue weighted by molar-refractivity contribution is 5.63. The molecule has 0 bridgehead atoms. The molecule has 4 nitrogen and oxygen atoms in total. The summed E-state index contributed by atoms with van der Waals surface area (Å²) in [5.41, 5.74) is 2.39. The zero-order valence-corrected chi connectivity index (χ0v) is 7.58. The molecule has 1 rings (SSSR count). The van der Waals surface area contributed by atoms with Crippen LogP contribution < -0.4 is 5.43 Å². The molecule has 2 atom stereocenters. The average molecular weight is 172 g/mol. The third kappa shape index (κ3) is 2.70. The van der Waals surface area contributed by atoms with Crippen LogP contribution in [0.1, 0.15) is 20.3 Å². The van der Waals surface area contributed by atoms with E-state index in [1.165, 1.54) is 6.42 Å². The highest BCUT2D eigenvalue weighted by Crippen LogP contribution is 2.19. The van der Waals surface area contributed by atoms with Gasteiger partial charge in [0.25, 0.3) is 0 Å². The highest BCUT2D eigenvalue weighted by atomic mass is 16.4. The summed E-state index contributed by atoms with van der Waals surface area (Å²) in [6.07, 6.45) is 0.231. The molecule has 4 heteroatoms. The lowest BCUT2D eigenvalue weighted by Crippen LogP contribution is -2.49. The summed E-state index contributed by atoms with van der Waals surface area (Å²) in [4.78, 5) is 10.3. The van der Waals surface area contributed by atoms with E-state index < -0.39 is 6.09 Å². The largest absolute Gasteiger partial charge is 0.464 e. The molecule has 12 heavy (non-hydrogen) atoms. The number of hydrazine groups is 1. The van der Waals surface area contributed by atoms with Crippen molar-refractivity contribution in [3.8, 4) is 0 Å². The number of nitrogens with one attached hydrogen (secondary N) is 1. The van der Waals surface area contributed by atoms with E-state index in [9.17, 15) is 4.79 Å². The van der Waals surface area contributed by atoms with Crippen molar-refractivity contribution in [2.24, 2.45) is 11.8 Å². The van der Waals surface area contributed by atoms with Crippen molar-refractivity contribution in [2.45, 2.75) is 20.3 Å². The fourth-order valence-electron chi connectivity index (χ4n) is 1.89. The molecular weight excluding hydrogens is 156 g/mol. The van der Waals surface area contributed by atoms with Crippen molar-refractivity contribution >= 4 is 6.09 Å². The van der Waals surface area contributed by atoms with Crippen LogP contribution in [-0.4, -0.2) is 29.3 Å². The number of piperidine rings is 1. The molecule has 1 fully saturated rings. The van der Waals surface area contributed by atoms with Gasteiger partial charge < -0.3 is 5.11 Å². The highest BCUT2D eigenvalue weighted by Gasteiger charge is 2.22. The number of carboxylic acid groups (broad SMARTS) is 1. The predicted molar refractivity (Wildman–Crippen MR) is 45.7 cm³/mol. The van der Waals surface area contributed by atoms with Crippen LogP contribution in [0.15, 0.2) is 0 Å². The Balaban J connectivity index is 2.38. The van der Waals surface area contributed by atoms with E-state index in [-0.39, 0.29) is 0 Å². The van der Waals surface area contributed by atoms with Gasteiger partial charge in [-0.2, -0.15) is 0 Å². The molecule has 0 aromatic carbocycles. The van der Waals surface area contributed by atoms with Crippen molar-refractivity contribution in [3.05, 3.63) is 0 Å². The summed E-state index contributed by atoms with van der Waals surface area (Å²) in [5.74, 6) is 1.17. The van der Waals surface area contributed by atoms with Gasteiger partial charge in [-0.25, -0.2) is 9.80 Å². The minimum absolute atomic E-state index is 0.584. The van der Waals surface area contributed by atoms with Gasteiger partial charge in [-0.1, -0.05) is 13.8 Å². The Morgan fingerprint density at radius 1 is 1.42 bits per heavy atom. The van der Waals surface area contributed by atoms with Crippen LogP contribution in [0.25, 0.3) is 0 Å². The van der Waals surface area contributed by atoms with Gasteiger partial charge in [0.2, 0.25) is 0 Å². The fraction of sp³-hybridized carbons (Fsp3) is 0.875. The van der Waals surface area contributed by atoms with Crippen LogP contribution in [0.2, 0.25) is 0 Å². The first kappa shape index (κ1) is 9.32. The topological polar surface area (TPSA) is 52.6 Å². The number of nitrogens with zero attached hydrogens (tertiary/aromatic N) is 1. The van der Waals surface area contributed by atoms with Gasteiger partial charge in [0.1, 0.15) is 0 Å². The van der Waals surface area contributed by atoms with Crippen molar-refractivity contribution < 1.29 is 9.90 Å². The zero-order valence-electron chi connectivity index (χ0n) is 7.58. The quantitative estimate of drug-likeness (QED) is 0.623. The van der Waals surface area contributed by atoms with Gasteiger partial charge in [0.15, 0.2) is 0 Å². The summed E-state index contributed by atoms with van der Waals surface area (Å²) in [5, 5.41) is 10.3. The number of amides is 1. The lowest BCUT2D eigenvalue weighted by atomic mass is 9.93. The second-order valence-corrected chi connectivity index (χ2v) is 3.77. The summed E-state index contributed by atoms with van der Waals surface area (Å²) in [6, 6.07) is 0. The molecule has 0 saturated carbocycles. The standard InChI is InChI=1S/C8H16N2O2/c1-6-3-7(2)5-10(4-6)9-8(11)12/h6-7,9H,3-5H2,1-2H3,(H,11,12). The number of rotatable bonds is 1. The summed E-state index contributed by atoms with van der Waals surface area (Å²) < 4.78 is 0. The molecule has 1 heterocycles. The summed E-state index contributed by atoms with van der Waals surface area (Å²) >= 11 is 0. The molecule has 0 spiro atoms. The second kappa shape index (κ2) is 3.76. The minimum atomic E-state index is -0.962. The van der Waals surface area contributed by atoms with Crippen molar-refractivity contribution in [1.82, 2.24) is 10.4 Å². The molecule has 2 unspecified atom stereocenters. The van der Waals surface area contributed by atoms with Crippen molar-refractivity contribution in [1.29, 1.82) is 0 Å². The second-order valence-electron chi connectivity index (χ2n) is 3.77. The molecule has 70 valence electrons. The molecule has 0 aliphatic carbocycles. The van der Waals surface area contributed by atoms with Gasteiger partial charge in [-0.15, -0.1) is 0 Å². The monoisotopic (exact) mass is 172 g/mol. The van der Waals surface area contributed by atoms with E-state index in [2.05, 4.69) is 19.3 Å². The SMILES string of the molecule is CC1CC(C)CN(NC(=O)O)C1. The molecule has 1 amide bonds. The van der Waals surface area contributed by atoms with E-state index in [0.717, 1.165) is 13.1 Å². The van der Waals surface area contributed by atoms with Gasteiger partial charge in [-0.3, -0.25) is 5.43 Å². The maximum atomic E-state index is 10.3. The zero-order chi connectivity index (χ0) is 9.14. The number of hydrogen-bond donors (Lipinski definition) is 2. The van der Waals surface area contributed by atoms with Crippen LogP contribution >= 0.6 is 0 Å².